The molecule has 10 heteroatoms. The Morgan fingerprint density at radius 2 is 1.70 bits per heavy atom. The number of pyridine rings is 1. The van der Waals surface area contributed by atoms with Crippen LogP contribution >= 0.6 is 23.2 Å². The van der Waals surface area contributed by atoms with E-state index in [0.717, 1.165) is 29.5 Å². The lowest BCUT2D eigenvalue weighted by Crippen LogP contribution is -2.13. The maximum absolute atomic E-state index is 12.8. The van der Waals surface area contributed by atoms with E-state index in [0.29, 0.717) is 27.3 Å². The highest BCUT2D eigenvalue weighted by molar-refractivity contribution is 7.91. The van der Waals surface area contributed by atoms with Crippen LogP contribution in [0.15, 0.2) is 70.3 Å². The fourth-order valence-electron chi connectivity index (χ4n) is 4.42. The third-order valence-corrected chi connectivity index (χ3v) is 8.90. The van der Waals surface area contributed by atoms with E-state index < -0.39 is 15.3 Å². The summed E-state index contributed by atoms with van der Waals surface area (Å²) in [7, 11) is -3.28. The molecule has 0 spiro atoms. The van der Waals surface area contributed by atoms with Gasteiger partial charge in [0.1, 0.15) is 5.78 Å². The second-order valence-corrected chi connectivity index (χ2v) is 12.2. The smallest absolute Gasteiger partial charge is 0.259 e. The van der Waals surface area contributed by atoms with Crippen molar-refractivity contribution in [3.05, 3.63) is 93.5 Å². The van der Waals surface area contributed by atoms with E-state index in [2.05, 4.69) is 15.1 Å². The molecule has 0 saturated heterocycles. The topological polar surface area (TPSA) is 103 Å². The van der Waals surface area contributed by atoms with Crippen molar-refractivity contribution >= 4 is 38.8 Å². The zero-order valence-electron chi connectivity index (χ0n) is 19.9. The Hall–Kier alpha value is -3.07. The molecule has 0 unspecified atom stereocenters. The molecule has 0 amide bonds. The van der Waals surface area contributed by atoms with Gasteiger partial charge in [0.2, 0.25) is 0 Å². The molecular formula is C27H23Cl2N3O4S. The van der Waals surface area contributed by atoms with E-state index >= 15 is 0 Å². The van der Waals surface area contributed by atoms with Crippen LogP contribution < -0.4 is 0 Å². The van der Waals surface area contributed by atoms with E-state index in [1.807, 2.05) is 6.07 Å². The van der Waals surface area contributed by atoms with Gasteiger partial charge in [0.25, 0.3) is 5.89 Å². The summed E-state index contributed by atoms with van der Waals surface area (Å²) in [5, 5.41) is 5.11. The first-order valence-corrected chi connectivity index (χ1v) is 14.2. The van der Waals surface area contributed by atoms with Gasteiger partial charge in [0.05, 0.1) is 21.6 Å². The molecule has 0 atom stereocenters. The standard InChI is InChI=1S/C27H23Cl2N3O4S/c1-2-37(34,35)21-7-5-17(6-8-21)12-20(33)13-18-14-22(28)24(23(29)15-18)27(9-10-27)26-31-25(36-32-26)19-4-3-11-30-16-19/h3-8,11,14-16H,2,9-10,12-13H2,1H3. The number of rotatable bonds is 9. The molecule has 190 valence electrons. The Morgan fingerprint density at radius 1 is 1.03 bits per heavy atom. The molecule has 4 aromatic rings. The lowest BCUT2D eigenvalue weighted by molar-refractivity contribution is -0.117. The van der Waals surface area contributed by atoms with Crippen LogP contribution in [0.1, 0.15) is 42.3 Å². The molecule has 0 aliphatic heterocycles. The number of hydrogen-bond donors (Lipinski definition) is 0. The summed E-state index contributed by atoms with van der Waals surface area (Å²) in [6.45, 7) is 1.60. The summed E-state index contributed by atoms with van der Waals surface area (Å²) in [6, 6.07) is 13.6. The first kappa shape index (κ1) is 25.6. The van der Waals surface area contributed by atoms with Crippen LogP contribution in [0.25, 0.3) is 11.5 Å². The average Bonchev–Trinajstić information content (AvgIpc) is 3.50. The summed E-state index contributed by atoms with van der Waals surface area (Å²) in [5.74, 6) is 0.894. The maximum Gasteiger partial charge on any atom is 0.259 e. The Kier molecular flexibility index (Phi) is 6.91. The largest absolute Gasteiger partial charge is 0.334 e. The minimum atomic E-state index is -3.28. The van der Waals surface area contributed by atoms with E-state index in [4.69, 9.17) is 27.7 Å². The molecule has 37 heavy (non-hydrogen) atoms. The Balaban J connectivity index is 1.32. The molecule has 2 heterocycles. The first-order chi connectivity index (χ1) is 17.7. The van der Waals surface area contributed by atoms with Crippen LogP contribution in [0.2, 0.25) is 10.0 Å². The molecule has 0 radical (unpaired) electrons. The van der Waals surface area contributed by atoms with Gasteiger partial charge in [-0.25, -0.2) is 8.42 Å². The zero-order valence-corrected chi connectivity index (χ0v) is 22.3. The van der Waals surface area contributed by atoms with Crippen LogP contribution in [0.4, 0.5) is 0 Å². The number of benzene rings is 2. The van der Waals surface area contributed by atoms with E-state index in [9.17, 15) is 13.2 Å². The van der Waals surface area contributed by atoms with Gasteiger partial charge in [-0.05, 0) is 60.4 Å². The van der Waals surface area contributed by atoms with E-state index in [1.54, 1.807) is 49.6 Å². The van der Waals surface area contributed by atoms with Crippen molar-refractivity contribution < 1.29 is 17.7 Å². The van der Waals surface area contributed by atoms with Gasteiger partial charge >= 0.3 is 0 Å². The van der Waals surface area contributed by atoms with Crippen LogP contribution in [-0.4, -0.2) is 35.1 Å². The minimum absolute atomic E-state index is 0.0302. The molecular weight excluding hydrogens is 533 g/mol. The van der Waals surface area contributed by atoms with Gasteiger partial charge in [-0.2, -0.15) is 4.98 Å². The summed E-state index contributed by atoms with van der Waals surface area (Å²) < 4.78 is 29.5. The van der Waals surface area contributed by atoms with Crippen LogP contribution in [0.5, 0.6) is 0 Å². The number of carbonyl (C=O) groups is 1. The summed E-state index contributed by atoms with van der Waals surface area (Å²) in [6.07, 6.45) is 5.21. The second kappa shape index (κ2) is 10.0. The molecule has 1 fully saturated rings. The van der Waals surface area contributed by atoms with Crippen molar-refractivity contribution in [2.75, 3.05) is 5.75 Å². The molecule has 0 N–H and O–H groups in total. The zero-order chi connectivity index (χ0) is 26.2. The molecule has 0 bridgehead atoms. The number of ketones is 1. The van der Waals surface area contributed by atoms with Crippen molar-refractivity contribution in [1.82, 2.24) is 15.1 Å². The third-order valence-electron chi connectivity index (χ3n) is 6.56. The number of halogens is 2. The normalized spacial score (nSPS) is 14.5. The van der Waals surface area contributed by atoms with Crippen molar-refractivity contribution in [1.29, 1.82) is 0 Å². The van der Waals surface area contributed by atoms with Gasteiger partial charge in [-0.15, -0.1) is 0 Å². The SMILES string of the molecule is CCS(=O)(=O)c1ccc(CC(=O)Cc2cc(Cl)c(C3(c4noc(-c5cccnc5)n4)CC3)c(Cl)c2)cc1. The second-order valence-electron chi connectivity index (χ2n) is 9.12. The van der Waals surface area contributed by atoms with Gasteiger partial charge in [0.15, 0.2) is 15.7 Å². The number of carbonyl (C=O) groups excluding carboxylic acids is 1. The lowest BCUT2D eigenvalue weighted by Gasteiger charge is -2.16. The number of sulfone groups is 1. The quantitative estimate of drug-likeness (QED) is 0.262. The highest BCUT2D eigenvalue weighted by Crippen LogP contribution is 2.56. The fraction of sp³-hybridized carbons (Fsp3) is 0.259. The Morgan fingerprint density at radius 3 is 2.30 bits per heavy atom. The van der Waals surface area contributed by atoms with E-state index in [-0.39, 0.29) is 29.3 Å². The van der Waals surface area contributed by atoms with Crippen LogP contribution in [0, 0.1) is 0 Å². The molecule has 5 rings (SSSR count). The molecule has 1 aliphatic rings. The molecule has 2 aromatic heterocycles. The Bertz CT molecular complexity index is 1540. The van der Waals surface area contributed by atoms with Crippen molar-refractivity contribution in [2.24, 2.45) is 0 Å². The number of Topliss-reactive ketones (excluding diaryl/α,β-unsaturated/α-hetero) is 1. The van der Waals surface area contributed by atoms with Gasteiger partial charge in [-0.3, -0.25) is 9.78 Å². The Labute approximate surface area is 224 Å². The van der Waals surface area contributed by atoms with Crippen molar-refractivity contribution in [3.63, 3.8) is 0 Å². The monoisotopic (exact) mass is 555 g/mol. The summed E-state index contributed by atoms with van der Waals surface area (Å²) in [4.78, 5) is 21.7. The van der Waals surface area contributed by atoms with Gasteiger partial charge < -0.3 is 4.52 Å². The lowest BCUT2D eigenvalue weighted by atomic mass is 9.92. The predicted octanol–water partition coefficient (Wildman–Crippen LogP) is 5.67. The van der Waals surface area contributed by atoms with Crippen molar-refractivity contribution in [2.45, 2.75) is 42.9 Å². The summed E-state index contributed by atoms with van der Waals surface area (Å²) >= 11 is 13.4. The summed E-state index contributed by atoms with van der Waals surface area (Å²) in [5.41, 5.74) is 2.38. The minimum Gasteiger partial charge on any atom is -0.334 e. The third kappa shape index (κ3) is 5.19. The van der Waals surface area contributed by atoms with Crippen LogP contribution in [0.3, 0.4) is 0 Å². The molecule has 2 aromatic carbocycles. The van der Waals surface area contributed by atoms with Crippen molar-refractivity contribution in [3.8, 4) is 11.5 Å². The van der Waals surface area contributed by atoms with E-state index in [1.165, 1.54) is 12.1 Å². The number of hydrogen-bond acceptors (Lipinski definition) is 7. The molecule has 1 aliphatic carbocycles. The van der Waals surface area contributed by atoms with Gasteiger partial charge in [-0.1, -0.05) is 47.4 Å². The average molecular weight is 556 g/mol. The molecule has 1 saturated carbocycles. The highest BCUT2D eigenvalue weighted by Gasteiger charge is 2.52. The number of nitrogens with zero attached hydrogens (tertiary/aromatic N) is 3. The van der Waals surface area contributed by atoms with Gasteiger partial charge in [0, 0.05) is 40.8 Å². The predicted molar refractivity (Wildman–Crippen MR) is 141 cm³/mol. The van der Waals surface area contributed by atoms with Crippen LogP contribution in [-0.2, 0) is 32.9 Å². The maximum atomic E-state index is 12.8. The molecule has 7 nitrogen and oxygen atoms in total. The number of aromatic nitrogens is 3. The fourth-order valence-corrected chi connectivity index (χ4v) is 6.20. The highest BCUT2D eigenvalue weighted by atomic mass is 35.5. The first-order valence-electron chi connectivity index (χ1n) is 11.8.